The maximum atomic E-state index is 11.9. The lowest BCUT2D eigenvalue weighted by atomic mass is 9.70. The van der Waals surface area contributed by atoms with Crippen molar-refractivity contribution < 1.29 is 4.79 Å². The van der Waals surface area contributed by atoms with Crippen LogP contribution in [0.3, 0.4) is 0 Å². The van der Waals surface area contributed by atoms with E-state index >= 15 is 0 Å². The Balaban J connectivity index is 1.56. The van der Waals surface area contributed by atoms with Gasteiger partial charge in [0.2, 0.25) is 5.91 Å². The summed E-state index contributed by atoms with van der Waals surface area (Å²) in [4.78, 5) is 14.1. The Morgan fingerprint density at radius 3 is 2.87 bits per heavy atom. The highest BCUT2D eigenvalue weighted by atomic mass is 16.2. The summed E-state index contributed by atoms with van der Waals surface area (Å²) < 4.78 is 0. The van der Waals surface area contributed by atoms with Gasteiger partial charge < -0.3 is 10.2 Å². The van der Waals surface area contributed by atoms with Crippen LogP contribution < -0.4 is 5.32 Å². The van der Waals surface area contributed by atoms with E-state index in [2.05, 4.69) is 10.2 Å². The second-order valence-corrected chi connectivity index (χ2v) is 5.42. The van der Waals surface area contributed by atoms with Crippen molar-refractivity contribution in [1.82, 2.24) is 10.2 Å². The van der Waals surface area contributed by atoms with Crippen molar-refractivity contribution in [3.63, 3.8) is 0 Å². The van der Waals surface area contributed by atoms with Crippen molar-refractivity contribution in [2.24, 2.45) is 11.8 Å². The lowest BCUT2D eigenvalue weighted by Crippen LogP contribution is -2.56. The first-order valence-electron chi connectivity index (χ1n) is 6.35. The van der Waals surface area contributed by atoms with Gasteiger partial charge in [0.1, 0.15) is 0 Å². The lowest BCUT2D eigenvalue weighted by molar-refractivity contribution is -0.149. The number of hydrogen-bond acceptors (Lipinski definition) is 2. The summed E-state index contributed by atoms with van der Waals surface area (Å²) in [7, 11) is 0. The highest BCUT2D eigenvalue weighted by Gasteiger charge is 2.43. The molecular formula is C12H20N2O. The van der Waals surface area contributed by atoms with Crippen LogP contribution in [0.25, 0.3) is 0 Å². The molecule has 1 unspecified atom stereocenters. The molecule has 3 saturated heterocycles. The summed E-state index contributed by atoms with van der Waals surface area (Å²) in [6.07, 6.45) is 6.22. The quantitative estimate of drug-likeness (QED) is 0.734. The van der Waals surface area contributed by atoms with Gasteiger partial charge in [-0.25, -0.2) is 0 Å². The summed E-state index contributed by atoms with van der Waals surface area (Å²) >= 11 is 0. The van der Waals surface area contributed by atoms with Crippen molar-refractivity contribution in [2.75, 3.05) is 19.6 Å². The molecule has 3 nitrogen and oxygen atoms in total. The zero-order valence-electron chi connectivity index (χ0n) is 9.24. The van der Waals surface area contributed by atoms with Gasteiger partial charge in [-0.3, -0.25) is 4.79 Å². The van der Waals surface area contributed by atoms with Gasteiger partial charge in [-0.2, -0.15) is 0 Å². The predicted octanol–water partition coefficient (Wildman–Crippen LogP) is 0.997. The number of carbonyl (C=O) groups is 1. The first kappa shape index (κ1) is 9.64. The molecule has 1 atom stereocenters. The summed E-state index contributed by atoms with van der Waals surface area (Å²) in [5.74, 6) is 1.66. The molecule has 3 heterocycles. The smallest absolute Gasteiger partial charge is 0.225 e. The average Bonchev–Trinajstić information content (AvgIpc) is 2.20. The van der Waals surface area contributed by atoms with Gasteiger partial charge in [0.25, 0.3) is 0 Å². The summed E-state index contributed by atoms with van der Waals surface area (Å²) in [6.45, 7) is 3.14. The number of nitrogens with zero attached hydrogens (tertiary/aromatic N) is 1. The number of hydrogen-bond donors (Lipinski definition) is 1. The largest absolute Gasteiger partial charge is 0.341 e. The van der Waals surface area contributed by atoms with Gasteiger partial charge in [-0.05, 0) is 38.1 Å². The third kappa shape index (κ3) is 1.78. The number of carbonyl (C=O) groups excluding carboxylic acids is 1. The Morgan fingerprint density at radius 1 is 1.33 bits per heavy atom. The zero-order chi connectivity index (χ0) is 10.3. The molecule has 3 aliphatic heterocycles. The molecule has 15 heavy (non-hydrogen) atoms. The van der Waals surface area contributed by atoms with E-state index < -0.39 is 0 Å². The highest BCUT2D eigenvalue weighted by molar-refractivity contribution is 5.81. The average molecular weight is 208 g/mol. The van der Waals surface area contributed by atoms with Crippen LogP contribution >= 0.6 is 0 Å². The predicted molar refractivity (Wildman–Crippen MR) is 58.4 cm³/mol. The standard InChI is InChI=1S/C12H20N2O/c15-12-10-5-9(6-10)7-14(12)8-11-3-1-2-4-13-11/h9-11,13H,1-8H2. The third-order valence-electron chi connectivity index (χ3n) is 4.23. The Bertz CT molecular complexity index is 254. The summed E-state index contributed by atoms with van der Waals surface area (Å²) in [5, 5.41) is 3.52. The Hall–Kier alpha value is -0.570. The summed E-state index contributed by atoms with van der Waals surface area (Å²) in [6, 6.07) is 0.570. The van der Waals surface area contributed by atoms with Crippen molar-refractivity contribution >= 4 is 5.91 Å². The first-order chi connectivity index (χ1) is 7.33. The van der Waals surface area contributed by atoms with Crippen LogP contribution in [-0.4, -0.2) is 36.5 Å². The number of piperidine rings is 3. The molecule has 3 heteroatoms. The second kappa shape index (κ2) is 3.78. The number of nitrogens with one attached hydrogen (secondary N) is 1. The molecule has 0 radical (unpaired) electrons. The van der Waals surface area contributed by atoms with E-state index in [9.17, 15) is 4.79 Å². The number of fused-ring (bicyclic) bond motifs is 2. The Labute approximate surface area is 91.2 Å². The fourth-order valence-electron chi connectivity index (χ4n) is 3.26. The molecule has 4 fully saturated rings. The van der Waals surface area contributed by atoms with Gasteiger partial charge in [-0.15, -0.1) is 0 Å². The molecule has 1 aliphatic carbocycles. The van der Waals surface area contributed by atoms with Gasteiger partial charge in [-0.1, -0.05) is 6.42 Å². The zero-order valence-corrected chi connectivity index (χ0v) is 9.24. The molecule has 0 aromatic carbocycles. The molecule has 1 amide bonds. The van der Waals surface area contributed by atoms with Crippen LogP contribution in [0.1, 0.15) is 32.1 Å². The van der Waals surface area contributed by atoms with Crippen molar-refractivity contribution in [3.05, 3.63) is 0 Å². The monoisotopic (exact) mass is 208 g/mol. The van der Waals surface area contributed by atoms with E-state index in [4.69, 9.17) is 0 Å². The van der Waals surface area contributed by atoms with E-state index in [1.165, 1.54) is 32.1 Å². The maximum absolute atomic E-state index is 11.9. The van der Waals surface area contributed by atoms with E-state index in [1.54, 1.807) is 0 Å². The number of rotatable bonds is 2. The maximum Gasteiger partial charge on any atom is 0.225 e. The van der Waals surface area contributed by atoms with E-state index in [-0.39, 0.29) is 0 Å². The Morgan fingerprint density at radius 2 is 2.20 bits per heavy atom. The third-order valence-corrected chi connectivity index (χ3v) is 4.23. The van der Waals surface area contributed by atoms with Gasteiger partial charge in [0, 0.05) is 25.0 Å². The number of amides is 1. The van der Waals surface area contributed by atoms with Crippen LogP contribution in [0.2, 0.25) is 0 Å². The molecule has 84 valence electrons. The minimum atomic E-state index is 0.396. The molecule has 0 spiro atoms. The fourth-order valence-corrected chi connectivity index (χ4v) is 3.26. The van der Waals surface area contributed by atoms with Crippen molar-refractivity contribution in [1.29, 1.82) is 0 Å². The minimum Gasteiger partial charge on any atom is -0.341 e. The van der Waals surface area contributed by atoms with Crippen molar-refractivity contribution in [2.45, 2.75) is 38.1 Å². The first-order valence-corrected chi connectivity index (χ1v) is 6.35. The van der Waals surface area contributed by atoms with Gasteiger partial charge in [0.15, 0.2) is 0 Å². The SMILES string of the molecule is O=C1C2CC(C2)CN1CC1CCCCN1. The molecule has 1 N–H and O–H groups in total. The van der Waals surface area contributed by atoms with Crippen LogP contribution in [0.15, 0.2) is 0 Å². The Kier molecular flexibility index (Phi) is 2.43. The normalized spacial score (nSPS) is 40.1. The summed E-state index contributed by atoms with van der Waals surface area (Å²) in [5.41, 5.74) is 0. The van der Waals surface area contributed by atoms with E-state index in [0.29, 0.717) is 17.9 Å². The molecule has 0 aromatic rings. The van der Waals surface area contributed by atoms with Crippen molar-refractivity contribution in [3.8, 4) is 0 Å². The van der Waals surface area contributed by atoms with E-state index in [0.717, 1.165) is 25.6 Å². The highest BCUT2D eigenvalue weighted by Crippen LogP contribution is 2.40. The van der Waals surface area contributed by atoms with Gasteiger partial charge in [0.05, 0.1) is 0 Å². The molecule has 1 saturated carbocycles. The lowest BCUT2D eigenvalue weighted by Gasteiger charge is -2.47. The van der Waals surface area contributed by atoms with Crippen LogP contribution in [0.4, 0.5) is 0 Å². The van der Waals surface area contributed by atoms with Gasteiger partial charge >= 0.3 is 0 Å². The minimum absolute atomic E-state index is 0.396. The van der Waals surface area contributed by atoms with E-state index in [1.807, 2.05) is 0 Å². The van der Waals surface area contributed by atoms with Crippen LogP contribution in [0.5, 0.6) is 0 Å². The molecule has 4 rings (SSSR count). The topological polar surface area (TPSA) is 32.3 Å². The molecular weight excluding hydrogens is 188 g/mol. The van der Waals surface area contributed by atoms with Crippen LogP contribution in [-0.2, 0) is 4.79 Å². The fraction of sp³-hybridized carbons (Fsp3) is 0.917. The molecule has 0 aromatic heterocycles. The second-order valence-electron chi connectivity index (χ2n) is 5.42. The molecule has 4 aliphatic rings. The molecule has 2 bridgehead atoms. The van der Waals surface area contributed by atoms with Crippen LogP contribution in [0, 0.1) is 11.8 Å².